The topological polar surface area (TPSA) is 39.1 Å². The summed E-state index contributed by atoms with van der Waals surface area (Å²) in [6.45, 7) is 4.60. The van der Waals surface area contributed by atoms with Crippen molar-refractivity contribution in [3.05, 3.63) is 36.2 Å². The number of nitrogens with zero attached hydrogens (tertiary/aromatic N) is 2. The highest BCUT2D eigenvalue weighted by molar-refractivity contribution is 5.62. The molecule has 0 atom stereocenters. The molecule has 0 radical (unpaired) electrons. The van der Waals surface area contributed by atoms with Crippen molar-refractivity contribution < 1.29 is 4.74 Å². The summed E-state index contributed by atoms with van der Waals surface area (Å²) in [5.74, 6) is 1.66. The van der Waals surface area contributed by atoms with Crippen LogP contribution in [-0.4, -0.2) is 16.2 Å². The third-order valence-electron chi connectivity index (χ3n) is 2.43. The number of rotatable bonds is 4. The minimum Gasteiger partial charge on any atom is -0.492 e. The third kappa shape index (κ3) is 2.58. The van der Waals surface area contributed by atoms with E-state index < -0.39 is 0 Å². The third-order valence-corrected chi connectivity index (χ3v) is 2.43. The molecule has 2 aromatic rings. The molecule has 0 aliphatic heterocycles. The van der Waals surface area contributed by atoms with Crippen LogP contribution in [0.2, 0.25) is 0 Å². The molecule has 0 saturated heterocycles. The first-order valence-corrected chi connectivity index (χ1v) is 5.69. The van der Waals surface area contributed by atoms with Crippen LogP contribution in [0.15, 0.2) is 30.5 Å². The van der Waals surface area contributed by atoms with Gasteiger partial charge in [0.05, 0.1) is 18.0 Å². The SMILES string of the molecule is CCOc1ccccc1Nc1nc(C)cn1C. The zero-order chi connectivity index (χ0) is 12.3. The quantitative estimate of drug-likeness (QED) is 0.879. The van der Waals surface area contributed by atoms with Gasteiger partial charge in [-0.05, 0) is 26.0 Å². The highest BCUT2D eigenvalue weighted by Gasteiger charge is 2.06. The van der Waals surface area contributed by atoms with Crippen molar-refractivity contribution >= 4 is 11.6 Å². The first kappa shape index (κ1) is 11.5. The molecule has 0 spiro atoms. The lowest BCUT2D eigenvalue weighted by atomic mass is 10.3. The van der Waals surface area contributed by atoms with E-state index >= 15 is 0 Å². The lowest BCUT2D eigenvalue weighted by Crippen LogP contribution is -2.01. The van der Waals surface area contributed by atoms with Crippen LogP contribution in [0.1, 0.15) is 12.6 Å². The van der Waals surface area contributed by atoms with Gasteiger partial charge >= 0.3 is 0 Å². The smallest absolute Gasteiger partial charge is 0.207 e. The maximum Gasteiger partial charge on any atom is 0.207 e. The molecule has 0 saturated carbocycles. The largest absolute Gasteiger partial charge is 0.492 e. The molecule has 1 aromatic carbocycles. The minimum atomic E-state index is 0.651. The van der Waals surface area contributed by atoms with Crippen molar-refractivity contribution in [3.63, 3.8) is 0 Å². The van der Waals surface area contributed by atoms with E-state index in [0.29, 0.717) is 6.61 Å². The summed E-state index contributed by atoms with van der Waals surface area (Å²) in [4.78, 5) is 4.40. The molecule has 1 heterocycles. The molecule has 0 unspecified atom stereocenters. The predicted octanol–water partition coefficient (Wildman–Crippen LogP) is 2.87. The van der Waals surface area contributed by atoms with E-state index in [1.807, 2.05) is 55.9 Å². The number of para-hydroxylation sites is 2. The number of hydrogen-bond donors (Lipinski definition) is 1. The Kier molecular flexibility index (Phi) is 3.32. The molecule has 90 valence electrons. The van der Waals surface area contributed by atoms with Gasteiger partial charge in [0.2, 0.25) is 5.95 Å². The number of benzene rings is 1. The molecule has 17 heavy (non-hydrogen) atoms. The summed E-state index contributed by atoms with van der Waals surface area (Å²) >= 11 is 0. The van der Waals surface area contributed by atoms with E-state index in [1.54, 1.807) is 0 Å². The summed E-state index contributed by atoms with van der Waals surface area (Å²) in [5.41, 5.74) is 1.92. The lowest BCUT2D eigenvalue weighted by molar-refractivity contribution is 0.342. The van der Waals surface area contributed by atoms with Crippen molar-refractivity contribution in [2.45, 2.75) is 13.8 Å². The van der Waals surface area contributed by atoms with E-state index in [2.05, 4.69) is 10.3 Å². The fourth-order valence-corrected chi connectivity index (χ4v) is 1.70. The first-order valence-electron chi connectivity index (χ1n) is 5.69. The summed E-state index contributed by atoms with van der Waals surface area (Å²) in [6.07, 6.45) is 1.98. The number of hydrogen-bond acceptors (Lipinski definition) is 3. The van der Waals surface area contributed by atoms with Crippen LogP contribution < -0.4 is 10.1 Å². The molecule has 0 bridgehead atoms. The Morgan fingerprint density at radius 2 is 2.12 bits per heavy atom. The van der Waals surface area contributed by atoms with Gasteiger partial charge in [0, 0.05) is 13.2 Å². The highest BCUT2D eigenvalue weighted by Crippen LogP contribution is 2.26. The molecule has 1 aromatic heterocycles. The van der Waals surface area contributed by atoms with Crippen LogP contribution in [0.5, 0.6) is 5.75 Å². The summed E-state index contributed by atoms with van der Waals surface area (Å²) in [6, 6.07) is 7.86. The second-order valence-electron chi connectivity index (χ2n) is 3.87. The van der Waals surface area contributed by atoms with Gasteiger partial charge in [0.1, 0.15) is 5.75 Å². The monoisotopic (exact) mass is 231 g/mol. The van der Waals surface area contributed by atoms with Crippen molar-refractivity contribution in [1.29, 1.82) is 0 Å². The van der Waals surface area contributed by atoms with Gasteiger partial charge in [-0.1, -0.05) is 12.1 Å². The number of aromatic nitrogens is 2. The number of anilines is 2. The van der Waals surface area contributed by atoms with Crippen LogP contribution in [0.3, 0.4) is 0 Å². The van der Waals surface area contributed by atoms with Crippen molar-refractivity contribution in [3.8, 4) is 5.75 Å². The Morgan fingerprint density at radius 3 is 2.76 bits per heavy atom. The van der Waals surface area contributed by atoms with Crippen molar-refractivity contribution in [1.82, 2.24) is 9.55 Å². The molecule has 2 rings (SSSR count). The maximum atomic E-state index is 5.56. The average Bonchev–Trinajstić information content (AvgIpc) is 2.61. The molecular formula is C13H17N3O. The fraction of sp³-hybridized carbons (Fsp3) is 0.308. The van der Waals surface area contributed by atoms with Gasteiger partial charge in [-0.25, -0.2) is 4.98 Å². The molecule has 1 N–H and O–H groups in total. The van der Waals surface area contributed by atoms with E-state index in [4.69, 9.17) is 4.74 Å². The Hall–Kier alpha value is -1.97. The van der Waals surface area contributed by atoms with Gasteiger partial charge in [-0.2, -0.15) is 0 Å². The Balaban J connectivity index is 2.26. The van der Waals surface area contributed by atoms with Gasteiger partial charge in [-0.3, -0.25) is 0 Å². The van der Waals surface area contributed by atoms with Crippen molar-refractivity contribution in [2.24, 2.45) is 7.05 Å². The maximum absolute atomic E-state index is 5.56. The summed E-state index contributed by atoms with van der Waals surface area (Å²) in [5, 5.41) is 3.27. The zero-order valence-electron chi connectivity index (χ0n) is 10.4. The second-order valence-corrected chi connectivity index (χ2v) is 3.87. The Morgan fingerprint density at radius 1 is 1.35 bits per heavy atom. The lowest BCUT2D eigenvalue weighted by Gasteiger charge is -2.11. The van der Waals surface area contributed by atoms with Gasteiger partial charge < -0.3 is 14.6 Å². The van der Waals surface area contributed by atoms with Gasteiger partial charge in [-0.15, -0.1) is 0 Å². The second kappa shape index (κ2) is 4.91. The normalized spacial score (nSPS) is 10.3. The summed E-state index contributed by atoms with van der Waals surface area (Å²) < 4.78 is 7.51. The molecule has 0 fully saturated rings. The Labute approximate surface area is 101 Å². The minimum absolute atomic E-state index is 0.651. The predicted molar refractivity (Wildman–Crippen MR) is 68.8 cm³/mol. The standard InChI is InChI=1S/C13H17N3O/c1-4-17-12-8-6-5-7-11(12)15-13-14-10(2)9-16(13)3/h5-9H,4H2,1-3H3,(H,14,15). The van der Waals surface area contributed by atoms with Crippen LogP contribution in [0.4, 0.5) is 11.6 Å². The Bertz CT molecular complexity index is 505. The zero-order valence-corrected chi connectivity index (χ0v) is 10.4. The fourth-order valence-electron chi connectivity index (χ4n) is 1.70. The number of imidazole rings is 1. The number of ether oxygens (including phenoxy) is 1. The molecule has 0 aliphatic rings. The van der Waals surface area contributed by atoms with Crippen LogP contribution in [0.25, 0.3) is 0 Å². The van der Waals surface area contributed by atoms with E-state index in [0.717, 1.165) is 23.1 Å². The van der Waals surface area contributed by atoms with Gasteiger partial charge in [0.25, 0.3) is 0 Å². The van der Waals surface area contributed by atoms with Crippen LogP contribution in [-0.2, 0) is 7.05 Å². The first-order chi connectivity index (χ1) is 8.20. The highest BCUT2D eigenvalue weighted by atomic mass is 16.5. The molecule has 0 aliphatic carbocycles. The number of aryl methyl sites for hydroxylation is 2. The van der Waals surface area contributed by atoms with Crippen LogP contribution >= 0.6 is 0 Å². The van der Waals surface area contributed by atoms with E-state index in [-0.39, 0.29) is 0 Å². The van der Waals surface area contributed by atoms with Crippen molar-refractivity contribution in [2.75, 3.05) is 11.9 Å². The van der Waals surface area contributed by atoms with E-state index in [9.17, 15) is 0 Å². The average molecular weight is 231 g/mol. The van der Waals surface area contributed by atoms with Crippen LogP contribution in [0, 0.1) is 6.92 Å². The van der Waals surface area contributed by atoms with E-state index in [1.165, 1.54) is 0 Å². The molecule has 4 heteroatoms. The summed E-state index contributed by atoms with van der Waals surface area (Å²) in [7, 11) is 1.96. The molecule has 0 amide bonds. The van der Waals surface area contributed by atoms with Gasteiger partial charge in [0.15, 0.2) is 0 Å². The number of nitrogens with one attached hydrogen (secondary N) is 1. The molecule has 4 nitrogen and oxygen atoms in total. The molecular weight excluding hydrogens is 214 g/mol.